The van der Waals surface area contributed by atoms with Crippen LogP contribution < -0.4 is 15.2 Å². The molecule has 0 saturated carbocycles. The molecule has 2 rings (SSSR count). The fraction of sp³-hybridized carbons (Fsp3) is 0.250. The van der Waals surface area contributed by atoms with Crippen LogP contribution in [0.1, 0.15) is 24.1 Å². The molecule has 1 atom stereocenters. The predicted octanol–water partition coefficient (Wildman–Crippen LogP) is 3.29. The highest BCUT2D eigenvalue weighted by Crippen LogP contribution is 2.18. The van der Waals surface area contributed by atoms with Crippen molar-refractivity contribution in [3.8, 4) is 11.5 Å². The normalized spacial score (nSPS) is 11.9. The zero-order valence-electron chi connectivity index (χ0n) is 11.3. The molecule has 2 N–H and O–H groups in total. The third kappa shape index (κ3) is 3.73. The maximum absolute atomic E-state index is 5.81. The van der Waals surface area contributed by atoms with Crippen LogP contribution in [0.15, 0.2) is 48.5 Å². The van der Waals surface area contributed by atoms with E-state index in [1.165, 1.54) is 0 Å². The summed E-state index contributed by atoms with van der Waals surface area (Å²) in [5.41, 5.74) is 7.99. The second kappa shape index (κ2) is 6.25. The molecular weight excluding hydrogens is 238 g/mol. The number of nitrogens with two attached hydrogens (primary N) is 1. The molecule has 0 fully saturated rings. The van der Waals surface area contributed by atoms with E-state index in [2.05, 4.69) is 0 Å². The van der Waals surface area contributed by atoms with E-state index in [1.54, 1.807) is 7.11 Å². The Balaban J connectivity index is 1.98. The lowest BCUT2D eigenvalue weighted by molar-refractivity contribution is 0.305. The van der Waals surface area contributed by atoms with Gasteiger partial charge in [-0.2, -0.15) is 0 Å². The van der Waals surface area contributed by atoms with E-state index >= 15 is 0 Å². The molecular formula is C16H19NO2. The lowest BCUT2D eigenvalue weighted by Gasteiger charge is -2.09. The highest BCUT2D eigenvalue weighted by Gasteiger charge is 2.01. The Morgan fingerprint density at radius 2 is 1.79 bits per heavy atom. The van der Waals surface area contributed by atoms with Crippen molar-refractivity contribution in [1.82, 2.24) is 0 Å². The van der Waals surface area contributed by atoms with Crippen LogP contribution in [-0.2, 0) is 6.61 Å². The van der Waals surface area contributed by atoms with Crippen LogP contribution in [0.2, 0.25) is 0 Å². The molecule has 0 aliphatic heterocycles. The lowest BCUT2D eigenvalue weighted by Crippen LogP contribution is -2.04. The van der Waals surface area contributed by atoms with Crippen molar-refractivity contribution in [1.29, 1.82) is 0 Å². The Bertz CT molecular complexity index is 521. The summed E-state index contributed by atoms with van der Waals surface area (Å²) in [5, 5.41) is 0. The van der Waals surface area contributed by atoms with E-state index in [0.717, 1.165) is 22.6 Å². The van der Waals surface area contributed by atoms with E-state index < -0.39 is 0 Å². The van der Waals surface area contributed by atoms with Gasteiger partial charge in [-0.1, -0.05) is 24.3 Å². The van der Waals surface area contributed by atoms with Gasteiger partial charge < -0.3 is 15.2 Å². The van der Waals surface area contributed by atoms with Crippen LogP contribution in [0, 0.1) is 0 Å². The van der Waals surface area contributed by atoms with Crippen molar-refractivity contribution in [3.63, 3.8) is 0 Å². The van der Waals surface area contributed by atoms with Gasteiger partial charge in [0.05, 0.1) is 7.11 Å². The van der Waals surface area contributed by atoms with Crippen LogP contribution in [0.4, 0.5) is 0 Å². The molecule has 100 valence electrons. The van der Waals surface area contributed by atoms with Crippen molar-refractivity contribution in [2.24, 2.45) is 5.73 Å². The van der Waals surface area contributed by atoms with E-state index in [0.29, 0.717) is 6.61 Å². The van der Waals surface area contributed by atoms with E-state index in [9.17, 15) is 0 Å². The Hall–Kier alpha value is -2.00. The number of rotatable bonds is 5. The van der Waals surface area contributed by atoms with Crippen molar-refractivity contribution >= 4 is 0 Å². The zero-order chi connectivity index (χ0) is 13.7. The van der Waals surface area contributed by atoms with Crippen molar-refractivity contribution in [3.05, 3.63) is 59.7 Å². The summed E-state index contributed by atoms with van der Waals surface area (Å²) in [6.07, 6.45) is 0. The molecule has 0 spiro atoms. The molecule has 3 nitrogen and oxygen atoms in total. The molecule has 0 saturated heterocycles. The minimum Gasteiger partial charge on any atom is -0.497 e. The van der Waals surface area contributed by atoms with Gasteiger partial charge in [0, 0.05) is 6.04 Å². The fourth-order valence-electron chi connectivity index (χ4n) is 1.80. The smallest absolute Gasteiger partial charge is 0.119 e. The summed E-state index contributed by atoms with van der Waals surface area (Å²) in [6.45, 7) is 2.49. The molecule has 3 heteroatoms. The summed E-state index contributed by atoms with van der Waals surface area (Å²) in [7, 11) is 1.66. The van der Waals surface area contributed by atoms with Crippen LogP contribution in [0.3, 0.4) is 0 Å². The molecule has 0 radical (unpaired) electrons. The largest absolute Gasteiger partial charge is 0.497 e. The van der Waals surface area contributed by atoms with Gasteiger partial charge in [-0.15, -0.1) is 0 Å². The van der Waals surface area contributed by atoms with E-state index in [1.807, 2.05) is 55.5 Å². The van der Waals surface area contributed by atoms with E-state index in [-0.39, 0.29) is 6.04 Å². The fourth-order valence-corrected chi connectivity index (χ4v) is 1.80. The number of hydrogen-bond acceptors (Lipinski definition) is 3. The van der Waals surface area contributed by atoms with Gasteiger partial charge >= 0.3 is 0 Å². The summed E-state index contributed by atoms with van der Waals surface area (Å²) in [4.78, 5) is 0. The highest BCUT2D eigenvalue weighted by atomic mass is 16.5. The minimum absolute atomic E-state index is 0.0486. The predicted molar refractivity (Wildman–Crippen MR) is 76.4 cm³/mol. The van der Waals surface area contributed by atoms with Gasteiger partial charge in [-0.05, 0) is 42.3 Å². The average Bonchev–Trinajstić information content (AvgIpc) is 2.46. The van der Waals surface area contributed by atoms with Crippen LogP contribution in [0.5, 0.6) is 11.5 Å². The molecule has 19 heavy (non-hydrogen) atoms. The highest BCUT2D eigenvalue weighted by molar-refractivity contribution is 5.31. The Kier molecular flexibility index (Phi) is 4.42. The Morgan fingerprint density at radius 1 is 1.05 bits per heavy atom. The average molecular weight is 257 g/mol. The quantitative estimate of drug-likeness (QED) is 0.893. The standard InChI is InChI=1S/C16H19NO2/c1-12(17)14-6-8-15(9-7-14)19-11-13-4-3-5-16(10-13)18-2/h3-10,12H,11,17H2,1-2H3/t12-/m1/s1. The Labute approximate surface area is 114 Å². The van der Waals surface area contributed by atoms with Gasteiger partial charge in [-0.25, -0.2) is 0 Å². The second-order valence-electron chi connectivity index (χ2n) is 4.50. The molecule has 0 heterocycles. The van der Waals surface area contributed by atoms with Crippen LogP contribution >= 0.6 is 0 Å². The molecule has 0 unspecified atom stereocenters. The van der Waals surface area contributed by atoms with Crippen molar-refractivity contribution < 1.29 is 9.47 Å². The number of methoxy groups -OCH3 is 1. The first-order valence-corrected chi connectivity index (χ1v) is 6.30. The summed E-state index contributed by atoms with van der Waals surface area (Å²) in [5.74, 6) is 1.68. The second-order valence-corrected chi connectivity index (χ2v) is 4.50. The van der Waals surface area contributed by atoms with Crippen LogP contribution in [-0.4, -0.2) is 7.11 Å². The monoisotopic (exact) mass is 257 g/mol. The number of ether oxygens (including phenoxy) is 2. The molecule has 0 aromatic heterocycles. The molecule has 2 aromatic carbocycles. The maximum Gasteiger partial charge on any atom is 0.119 e. The summed E-state index contributed by atoms with van der Waals surface area (Å²) in [6, 6.07) is 15.8. The SMILES string of the molecule is COc1cccc(COc2ccc([C@@H](C)N)cc2)c1. The van der Waals surface area contributed by atoms with Crippen LogP contribution in [0.25, 0.3) is 0 Å². The molecule has 0 aliphatic rings. The third-order valence-corrected chi connectivity index (χ3v) is 2.95. The lowest BCUT2D eigenvalue weighted by atomic mass is 10.1. The molecule has 0 amide bonds. The topological polar surface area (TPSA) is 44.5 Å². The first-order chi connectivity index (χ1) is 9.19. The van der Waals surface area contributed by atoms with Crippen molar-refractivity contribution in [2.75, 3.05) is 7.11 Å². The third-order valence-electron chi connectivity index (χ3n) is 2.95. The van der Waals surface area contributed by atoms with Gasteiger partial charge in [-0.3, -0.25) is 0 Å². The number of benzene rings is 2. The summed E-state index contributed by atoms with van der Waals surface area (Å²) >= 11 is 0. The summed E-state index contributed by atoms with van der Waals surface area (Å²) < 4.78 is 10.9. The van der Waals surface area contributed by atoms with Gasteiger partial charge in [0.2, 0.25) is 0 Å². The molecule has 0 aliphatic carbocycles. The first kappa shape index (κ1) is 13.4. The van der Waals surface area contributed by atoms with Gasteiger partial charge in [0.25, 0.3) is 0 Å². The maximum atomic E-state index is 5.81. The van der Waals surface area contributed by atoms with Gasteiger partial charge in [0.1, 0.15) is 18.1 Å². The Morgan fingerprint density at radius 3 is 2.42 bits per heavy atom. The minimum atomic E-state index is 0.0486. The number of hydrogen-bond donors (Lipinski definition) is 1. The zero-order valence-corrected chi connectivity index (χ0v) is 11.3. The molecule has 2 aromatic rings. The van der Waals surface area contributed by atoms with Gasteiger partial charge in [0.15, 0.2) is 0 Å². The van der Waals surface area contributed by atoms with Crippen molar-refractivity contribution in [2.45, 2.75) is 19.6 Å². The van der Waals surface area contributed by atoms with E-state index in [4.69, 9.17) is 15.2 Å². The molecule has 0 bridgehead atoms. The first-order valence-electron chi connectivity index (χ1n) is 6.30.